The molecule has 0 radical (unpaired) electrons. The first-order valence-electron chi connectivity index (χ1n) is 6.37. The molecule has 0 spiro atoms. The van der Waals surface area contributed by atoms with Crippen LogP contribution in [0.3, 0.4) is 0 Å². The van der Waals surface area contributed by atoms with E-state index < -0.39 is 5.97 Å². The highest BCUT2D eigenvalue weighted by atomic mass is 16.5. The van der Waals surface area contributed by atoms with Crippen LogP contribution in [0.5, 0.6) is 0 Å². The second-order valence-electron chi connectivity index (χ2n) is 4.65. The average molecular weight is 262 g/mol. The third-order valence-corrected chi connectivity index (χ3v) is 3.36. The molecule has 1 aliphatic heterocycles. The molecule has 5 nitrogen and oxygen atoms in total. The van der Waals surface area contributed by atoms with Crippen molar-refractivity contribution in [2.75, 3.05) is 19.4 Å². The van der Waals surface area contributed by atoms with Crippen LogP contribution in [0.15, 0.2) is 18.2 Å². The maximum atomic E-state index is 11.8. The van der Waals surface area contributed by atoms with Crippen LogP contribution in [-0.2, 0) is 16.1 Å². The molecule has 1 aliphatic rings. The Morgan fingerprint density at radius 1 is 1.42 bits per heavy atom. The highest BCUT2D eigenvalue weighted by molar-refractivity contribution is 5.96. The molecule has 1 saturated heterocycles. The van der Waals surface area contributed by atoms with Crippen LogP contribution >= 0.6 is 0 Å². The van der Waals surface area contributed by atoms with Crippen molar-refractivity contribution in [1.82, 2.24) is 4.90 Å². The number of esters is 1. The minimum Gasteiger partial charge on any atom is -0.465 e. The molecule has 0 aromatic heterocycles. The summed E-state index contributed by atoms with van der Waals surface area (Å²) in [7, 11) is 1.32. The van der Waals surface area contributed by atoms with E-state index >= 15 is 0 Å². The number of benzene rings is 1. The van der Waals surface area contributed by atoms with Crippen LogP contribution < -0.4 is 5.73 Å². The van der Waals surface area contributed by atoms with Gasteiger partial charge in [-0.2, -0.15) is 0 Å². The number of amides is 1. The number of nitrogens with zero attached hydrogens (tertiary/aromatic N) is 1. The van der Waals surface area contributed by atoms with E-state index in [1.165, 1.54) is 7.11 Å². The zero-order chi connectivity index (χ0) is 13.8. The Hall–Kier alpha value is -2.04. The fraction of sp³-hybridized carbons (Fsp3) is 0.429. The molecule has 1 aromatic carbocycles. The lowest BCUT2D eigenvalue weighted by Gasteiger charge is -2.27. The Balaban J connectivity index is 2.26. The smallest absolute Gasteiger partial charge is 0.340 e. The zero-order valence-electron chi connectivity index (χ0n) is 11.0. The first-order valence-corrected chi connectivity index (χ1v) is 6.37. The largest absolute Gasteiger partial charge is 0.465 e. The fourth-order valence-corrected chi connectivity index (χ4v) is 2.34. The monoisotopic (exact) mass is 262 g/mol. The summed E-state index contributed by atoms with van der Waals surface area (Å²) in [6.45, 7) is 1.14. The van der Waals surface area contributed by atoms with Gasteiger partial charge in [-0.15, -0.1) is 0 Å². The Morgan fingerprint density at radius 2 is 2.21 bits per heavy atom. The molecule has 2 N–H and O–H groups in total. The second kappa shape index (κ2) is 5.73. The molecule has 0 unspecified atom stereocenters. The summed E-state index contributed by atoms with van der Waals surface area (Å²) in [4.78, 5) is 25.4. The predicted molar refractivity (Wildman–Crippen MR) is 71.5 cm³/mol. The summed E-state index contributed by atoms with van der Waals surface area (Å²) in [5.74, 6) is -0.331. The van der Waals surface area contributed by atoms with Crippen molar-refractivity contribution in [3.05, 3.63) is 29.3 Å². The summed E-state index contributed by atoms with van der Waals surface area (Å²) < 4.78 is 4.75. The topological polar surface area (TPSA) is 72.6 Å². The number of hydrogen-bond acceptors (Lipinski definition) is 4. The van der Waals surface area contributed by atoms with Crippen molar-refractivity contribution in [1.29, 1.82) is 0 Å². The van der Waals surface area contributed by atoms with Gasteiger partial charge in [-0.25, -0.2) is 4.79 Å². The van der Waals surface area contributed by atoms with Crippen molar-refractivity contribution in [2.24, 2.45) is 0 Å². The Kier molecular flexibility index (Phi) is 4.04. The average Bonchev–Trinajstić information content (AvgIpc) is 2.41. The zero-order valence-corrected chi connectivity index (χ0v) is 11.0. The molecule has 0 atom stereocenters. The lowest BCUT2D eigenvalue weighted by molar-refractivity contribution is -0.133. The summed E-state index contributed by atoms with van der Waals surface area (Å²) >= 11 is 0. The van der Waals surface area contributed by atoms with Crippen LogP contribution in [0.1, 0.15) is 35.2 Å². The van der Waals surface area contributed by atoms with Crippen LogP contribution in [-0.4, -0.2) is 30.4 Å². The number of carbonyl (C=O) groups is 2. The molecule has 102 valence electrons. The van der Waals surface area contributed by atoms with E-state index in [0.717, 1.165) is 24.9 Å². The molecule has 1 amide bonds. The predicted octanol–water partition coefficient (Wildman–Crippen LogP) is 1.57. The first-order chi connectivity index (χ1) is 9.13. The molecule has 1 aromatic rings. The van der Waals surface area contributed by atoms with E-state index in [9.17, 15) is 9.59 Å². The molecule has 1 heterocycles. The summed E-state index contributed by atoms with van der Waals surface area (Å²) in [6, 6.07) is 5.25. The quantitative estimate of drug-likeness (QED) is 0.663. The Morgan fingerprint density at radius 3 is 2.89 bits per heavy atom. The van der Waals surface area contributed by atoms with Gasteiger partial charge in [0.15, 0.2) is 0 Å². The maximum absolute atomic E-state index is 11.8. The third-order valence-electron chi connectivity index (χ3n) is 3.36. The van der Waals surface area contributed by atoms with Gasteiger partial charge in [-0.05, 0) is 24.5 Å². The molecular formula is C14H18N2O3. The molecule has 1 fully saturated rings. The number of hydrogen-bond donors (Lipinski definition) is 1. The second-order valence-corrected chi connectivity index (χ2v) is 4.65. The van der Waals surface area contributed by atoms with Gasteiger partial charge < -0.3 is 15.4 Å². The number of methoxy groups -OCH3 is 1. The van der Waals surface area contributed by atoms with E-state index in [1.54, 1.807) is 17.0 Å². The summed E-state index contributed by atoms with van der Waals surface area (Å²) in [6.07, 6.45) is 2.52. The third kappa shape index (κ3) is 2.86. The van der Waals surface area contributed by atoms with Gasteiger partial charge in [0.2, 0.25) is 5.91 Å². The van der Waals surface area contributed by atoms with Gasteiger partial charge in [-0.3, -0.25) is 4.79 Å². The number of carbonyl (C=O) groups excluding carboxylic acids is 2. The number of anilines is 1. The molecule has 5 heteroatoms. The number of rotatable bonds is 3. The Labute approximate surface area is 112 Å². The number of nitrogen functional groups attached to an aromatic ring is 1. The van der Waals surface area contributed by atoms with Crippen molar-refractivity contribution >= 4 is 17.6 Å². The number of ether oxygens (including phenoxy) is 1. The minimum absolute atomic E-state index is 0.129. The van der Waals surface area contributed by atoms with E-state index in [2.05, 4.69) is 0 Å². The van der Waals surface area contributed by atoms with Gasteiger partial charge in [0.05, 0.1) is 12.7 Å². The number of likely N-dealkylation sites (tertiary alicyclic amines) is 1. The summed E-state index contributed by atoms with van der Waals surface area (Å²) in [5, 5.41) is 0. The normalized spacial score (nSPS) is 15.4. The molecule has 0 saturated carbocycles. The first kappa shape index (κ1) is 13.4. The highest BCUT2D eigenvalue weighted by Gasteiger charge is 2.22. The van der Waals surface area contributed by atoms with Crippen LogP contribution in [0, 0.1) is 0 Å². The standard InChI is InChI=1S/C14H18N2O3/c1-19-14(18)13-10(5-4-6-11(13)15)9-16-8-3-2-7-12(16)17/h4-6H,2-3,7-9,15H2,1H3. The van der Waals surface area contributed by atoms with E-state index in [0.29, 0.717) is 24.2 Å². The molecule has 0 aliphatic carbocycles. The molecule has 19 heavy (non-hydrogen) atoms. The van der Waals surface area contributed by atoms with E-state index in [4.69, 9.17) is 10.5 Å². The SMILES string of the molecule is COC(=O)c1c(N)cccc1CN1CCCCC1=O. The van der Waals surface area contributed by atoms with E-state index in [1.807, 2.05) is 6.07 Å². The van der Waals surface area contributed by atoms with Gasteiger partial charge in [-0.1, -0.05) is 12.1 Å². The Bertz CT molecular complexity index is 499. The van der Waals surface area contributed by atoms with Gasteiger partial charge in [0.25, 0.3) is 0 Å². The van der Waals surface area contributed by atoms with Crippen molar-refractivity contribution < 1.29 is 14.3 Å². The lowest BCUT2D eigenvalue weighted by Crippen LogP contribution is -2.35. The van der Waals surface area contributed by atoms with E-state index in [-0.39, 0.29) is 5.91 Å². The minimum atomic E-state index is -0.461. The number of nitrogens with two attached hydrogens (primary N) is 1. The van der Waals surface area contributed by atoms with Crippen LogP contribution in [0.25, 0.3) is 0 Å². The van der Waals surface area contributed by atoms with Gasteiger partial charge >= 0.3 is 5.97 Å². The maximum Gasteiger partial charge on any atom is 0.340 e. The van der Waals surface area contributed by atoms with Gasteiger partial charge in [0.1, 0.15) is 0 Å². The highest BCUT2D eigenvalue weighted by Crippen LogP contribution is 2.22. The van der Waals surface area contributed by atoms with Crippen LogP contribution in [0.4, 0.5) is 5.69 Å². The summed E-state index contributed by atoms with van der Waals surface area (Å²) in [5.41, 5.74) is 7.32. The van der Waals surface area contributed by atoms with Gasteiger partial charge in [0, 0.05) is 25.2 Å². The molecule has 0 bridgehead atoms. The fourth-order valence-electron chi connectivity index (χ4n) is 2.34. The van der Waals surface area contributed by atoms with Crippen molar-refractivity contribution in [3.63, 3.8) is 0 Å². The lowest BCUT2D eigenvalue weighted by atomic mass is 10.0. The van der Waals surface area contributed by atoms with Crippen LogP contribution in [0.2, 0.25) is 0 Å². The van der Waals surface area contributed by atoms with Crippen molar-refractivity contribution in [3.8, 4) is 0 Å². The molecular weight excluding hydrogens is 244 g/mol. The van der Waals surface area contributed by atoms with Crippen molar-refractivity contribution in [2.45, 2.75) is 25.8 Å². The molecule has 2 rings (SSSR count). The number of piperidine rings is 1.